The molecule has 3 aromatic rings. The monoisotopic (exact) mass is 391 g/mol. The van der Waals surface area contributed by atoms with Crippen molar-refractivity contribution in [3.8, 4) is 0 Å². The van der Waals surface area contributed by atoms with Crippen LogP contribution in [0.15, 0.2) is 71.6 Å². The molecule has 1 fully saturated rings. The Morgan fingerprint density at radius 2 is 1.59 bits per heavy atom. The van der Waals surface area contributed by atoms with E-state index in [1.807, 2.05) is 29.4 Å². The van der Waals surface area contributed by atoms with Crippen LogP contribution in [0.5, 0.6) is 0 Å². The Bertz CT molecular complexity index is 938. The summed E-state index contributed by atoms with van der Waals surface area (Å²) in [6.45, 7) is 4.17. The number of carbonyl (C=O) groups is 2. The number of aromatic nitrogens is 1. The molecule has 6 heteroatoms. The first-order valence-electron chi connectivity index (χ1n) is 9.91. The number of hydrogen-bond donors (Lipinski definition) is 0. The van der Waals surface area contributed by atoms with E-state index in [-0.39, 0.29) is 17.9 Å². The third-order valence-corrected chi connectivity index (χ3v) is 5.47. The summed E-state index contributed by atoms with van der Waals surface area (Å²) in [6, 6.07) is 15.6. The van der Waals surface area contributed by atoms with Crippen molar-refractivity contribution >= 4 is 11.8 Å². The molecular weight excluding hydrogens is 366 g/mol. The molecule has 0 unspecified atom stereocenters. The zero-order chi connectivity index (χ0) is 20.2. The van der Waals surface area contributed by atoms with E-state index in [2.05, 4.69) is 35.8 Å². The quantitative estimate of drug-likeness (QED) is 0.670. The lowest BCUT2D eigenvalue weighted by Gasteiger charge is -2.35. The van der Waals surface area contributed by atoms with Crippen molar-refractivity contribution in [1.29, 1.82) is 0 Å². The van der Waals surface area contributed by atoms with E-state index in [9.17, 15) is 9.59 Å². The van der Waals surface area contributed by atoms with Crippen LogP contribution in [0, 0.1) is 6.92 Å². The van der Waals surface area contributed by atoms with E-state index in [0.717, 1.165) is 5.56 Å². The first kappa shape index (κ1) is 19.1. The molecule has 150 valence electrons. The van der Waals surface area contributed by atoms with Gasteiger partial charge in [0.15, 0.2) is 5.76 Å². The summed E-state index contributed by atoms with van der Waals surface area (Å²) in [7, 11) is 0. The van der Waals surface area contributed by atoms with E-state index < -0.39 is 0 Å². The smallest absolute Gasteiger partial charge is 0.289 e. The highest BCUT2D eigenvalue weighted by atomic mass is 16.3. The van der Waals surface area contributed by atoms with Gasteiger partial charge in [0.25, 0.3) is 5.91 Å². The fourth-order valence-corrected chi connectivity index (χ4v) is 3.75. The van der Waals surface area contributed by atoms with Crippen molar-refractivity contribution in [2.45, 2.75) is 19.4 Å². The van der Waals surface area contributed by atoms with Crippen molar-refractivity contribution in [2.24, 2.45) is 0 Å². The zero-order valence-corrected chi connectivity index (χ0v) is 16.5. The molecule has 0 radical (unpaired) electrons. The minimum absolute atomic E-state index is 0.0409. The fourth-order valence-electron chi connectivity index (χ4n) is 3.75. The first-order valence-corrected chi connectivity index (χ1v) is 9.91. The van der Waals surface area contributed by atoms with Crippen molar-refractivity contribution in [3.63, 3.8) is 0 Å². The molecule has 1 aromatic carbocycles. The normalized spacial score (nSPS) is 15.3. The summed E-state index contributed by atoms with van der Waals surface area (Å²) >= 11 is 0. The van der Waals surface area contributed by atoms with E-state index in [1.54, 1.807) is 17.0 Å². The number of nitrogens with zero attached hydrogens (tertiary/aromatic N) is 3. The second-order valence-corrected chi connectivity index (χ2v) is 7.41. The highest BCUT2D eigenvalue weighted by molar-refractivity contribution is 5.91. The summed E-state index contributed by atoms with van der Waals surface area (Å²) in [5.41, 5.74) is 2.32. The Hall–Kier alpha value is -3.28. The van der Waals surface area contributed by atoms with Gasteiger partial charge in [0.1, 0.15) is 0 Å². The van der Waals surface area contributed by atoms with Crippen LogP contribution in [0.2, 0.25) is 0 Å². The van der Waals surface area contributed by atoms with Gasteiger partial charge in [-0.15, -0.1) is 0 Å². The number of hydrogen-bond acceptors (Lipinski definition) is 3. The Labute approximate surface area is 170 Å². The van der Waals surface area contributed by atoms with Gasteiger partial charge in [-0.3, -0.25) is 9.59 Å². The molecule has 1 atom stereocenters. The van der Waals surface area contributed by atoms with Crippen LogP contribution in [-0.4, -0.2) is 52.4 Å². The molecular formula is C23H25N3O3. The van der Waals surface area contributed by atoms with Crippen LogP contribution in [0.3, 0.4) is 0 Å². The van der Waals surface area contributed by atoms with Crippen LogP contribution >= 0.6 is 0 Å². The van der Waals surface area contributed by atoms with Gasteiger partial charge in [-0.25, -0.2) is 0 Å². The van der Waals surface area contributed by atoms with Crippen LogP contribution < -0.4 is 0 Å². The predicted molar refractivity (Wildman–Crippen MR) is 110 cm³/mol. The van der Waals surface area contributed by atoms with E-state index in [1.165, 1.54) is 11.8 Å². The lowest BCUT2D eigenvalue weighted by molar-refractivity contribution is -0.133. The van der Waals surface area contributed by atoms with Crippen LogP contribution in [0.4, 0.5) is 0 Å². The largest absolute Gasteiger partial charge is 0.459 e. The predicted octanol–water partition coefficient (Wildman–Crippen LogP) is 3.35. The molecule has 0 saturated carbocycles. The second-order valence-electron chi connectivity index (χ2n) is 7.41. The Kier molecular flexibility index (Phi) is 5.51. The maximum atomic E-state index is 13.0. The van der Waals surface area contributed by atoms with Crippen molar-refractivity contribution < 1.29 is 14.0 Å². The summed E-state index contributed by atoms with van der Waals surface area (Å²) < 4.78 is 7.28. The highest BCUT2D eigenvalue weighted by Crippen LogP contribution is 2.24. The molecule has 0 bridgehead atoms. The molecule has 0 aliphatic carbocycles. The molecule has 1 aliphatic rings. The number of rotatable bonds is 5. The lowest BCUT2D eigenvalue weighted by Crippen LogP contribution is -2.50. The van der Waals surface area contributed by atoms with Gasteiger partial charge in [-0.2, -0.15) is 0 Å². The van der Waals surface area contributed by atoms with Gasteiger partial charge in [0.05, 0.1) is 18.7 Å². The molecule has 2 aromatic heterocycles. The maximum absolute atomic E-state index is 13.0. The van der Waals surface area contributed by atoms with Gasteiger partial charge >= 0.3 is 0 Å². The molecule has 1 aliphatic heterocycles. The summed E-state index contributed by atoms with van der Waals surface area (Å²) in [4.78, 5) is 29.0. The number of piperazine rings is 1. The van der Waals surface area contributed by atoms with Crippen LogP contribution in [0.1, 0.15) is 34.1 Å². The SMILES string of the molecule is Cc1ccc([C@H](CC(=O)N2CCN(C(=O)c3ccco3)CC2)n2cccc2)cc1. The third-order valence-electron chi connectivity index (χ3n) is 5.47. The molecule has 29 heavy (non-hydrogen) atoms. The molecule has 3 heterocycles. The Morgan fingerprint density at radius 3 is 2.21 bits per heavy atom. The fraction of sp³-hybridized carbons (Fsp3) is 0.304. The molecule has 6 nitrogen and oxygen atoms in total. The molecule has 0 N–H and O–H groups in total. The number of carbonyl (C=O) groups excluding carboxylic acids is 2. The van der Waals surface area contributed by atoms with E-state index in [0.29, 0.717) is 38.4 Å². The highest BCUT2D eigenvalue weighted by Gasteiger charge is 2.28. The van der Waals surface area contributed by atoms with Crippen molar-refractivity contribution in [1.82, 2.24) is 14.4 Å². The minimum atomic E-state index is -0.119. The van der Waals surface area contributed by atoms with E-state index in [4.69, 9.17) is 4.42 Å². The number of furan rings is 1. The number of aryl methyl sites for hydroxylation is 1. The van der Waals surface area contributed by atoms with Crippen molar-refractivity contribution in [3.05, 3.63) is 84.1 Å². The van der Waals surface area contributed by atoms with Gasteiger partial charge in [0, 0.05) is 38.6 Å². The van der Waals surface area contributed by atoms with Gasteiger partial charge in [-0.1, -0.05) is 29.8 Å². The van der Waals surface area contributed by atoms with E-state index >= 15 is 0 Å². The number of benzene rings is 1. The first-order chi connectivity index (χ1) is 14.1. The Morgan fingerprint density at radius 1 is 0.931 bits per heavy atom. The summed E-state index contributed by atoms with van der Waals surface area (Å²) in [5.74, 6) is 0.332. The molecule has 0 spiro atoms. The lowest BCUT2D eigenvalue weighted by atomic mass is 10.0. The molecule has 2 amide bonds. The number of amides is 2. The maximum Gasteiger partial charge on any atom is 0.289 e. The Balaban J connectivity index is 1.41. The van der Waals surface area contributed by atoms with Gasteiger partial charge in [0.2, 0.25) is 5.91 Å². The van der Waals surface area contributed by atoms with Gasteiger partial charge in [-0.05, 0) is 36.8 Å². The third kappa shape index (κ3) is 4.26. The van der Waals surface area contributed by atoms with Crippen molar-refractivity contribution in [2.75, 3.05) is 26.2 Å². The van der Waals surface area contributed by atoms with Gasteiger partial charge < -0.3 is 18.8 Å². The summed E-state index contributed by atoms with van der Waals surface area (Å²) in [6.07, 6.45) is 5.89. The average molecular weight is 391 g/mol. The van der Waals surface area contributed by atoms with Crippen LogP contribution in [-0.2, 0) is 4.79 Å². The summed E-state index contributed by atoms with van der Waals surface area (Å²) in [5, 5.41) is 0. The molecule has 4 rings (SSSR count). The molecule has 1 saturated heterocycles. The second kappa shape index (κ2) is 8.39. The average Bonchev–Trinajstić information content (AvgIpc) is 3.46. The zero-order valence-electron chi connectivity index (χ0n) is 16.5. The minimum Gasteiger partial charge on any atom is -0.459 e. The van der Waals surface area contributed by atoms with Crippen LogP contribution in [0.25, 0.3) is 0 Å². The standard InChI is InChI=1S/C23H25N3O3/c1-18-6-8-19(9-7-18)20(24-10-2-3-11-24)17-22(27)25-12-14-26(15-13-25)23(28)21-5-4-16-29-21/h2-11,16,20H,12-15,17H2,1H3/t20-/m0/s1. The topological polar surface area (TPSA) is 58.7 Å².